The maximum absolute atomic E-state index is 14.4. The summed E-state index contributed by atoms with van der Waals surface area (Å²) in [6.45, 7) is 5.51. The van der Waals surface area contributed by atoms with Gasteiger partial charge in [-0.05, 0) is 0 Å². The van der Waals surface area contributed by atoms with Gasteiger partial charge < -0.3 is 0 Å². The van der Waals surface area contributed by atoms with Gasteiger partial charge in [0.1, 0.15) is 0 Å². The van der Waals surface area contributed by atoms with E-state index in [0.717, 1.165) is 19.5 Å². The Morgan fingerprint density at radius 2 is 1.32 bits per heavy atom. The fraction of sp³-hybridized carbons (Fsp3) is 0.0833. The van der Waals surface area contributed by atoms with Crippen LogP contribution in [0.5, 0.6) is 0 Å². The first-order valence-electron chi connectivity index (χ1n) is 8.99. The normalized spacial score (nSPS) is 14.3. The second kappa shape index (κ2) is 8.90. The fourth-order valence-electron chi connectivity index (χ4n) is 2.74. The molecule has 2 nitrogen and oxygen atoms in total. The van der Waals surface area contributed by atoms with Crippen molar-refractivity contribution in [1.29, 1.82) is 0 Å². The summed E-state index contributed by atoms with van der Waals surface area (Å²) >= 11 is -0.196. The van der Waals surface area contributed by atoms with E-state index in [0.29, 0.717) is 0 Å². The molecule has 0 saturated carbocycles. The molecule has 0 saturated heterocycles. The van der Waals surface area contributed by atoms with Crippen molar-refractivity contribution in [2.75, 3.05) is 0 Å². The standard InChI is InChI=1S/C24H23O2PSe/c1-3-24(2,25)23(28-22-17-11-6-12-18-22)19-27(26,20-13-7-4-8-14-20)21-15-9-5-10-16-21/h3-19,25H,1H2,2H3/b23-19+. The van der Waals surface area contributed by atoms with Crippen LogP contribution in [0.4, 0.5) is 0 Å². The minimum absolute atomic E-state index is 0.196. The topological polar surface area (TPSA) is 37.3 Å². The maximum atomic E-state index is 14.4. The zero-order valence-corrected chi connectivity index (χ0v) is 18.3. The van der Waals surface area contributed by atoms with Crippen LogP contribution in [0.2, 0.25) is 0 Å². The van der Waals surface area contributed by atoms with Crippen molar-refractivity contribution in [3.05, 3.63) is 114 Å². The first-order chi connectivity index (χ1) is 13.5. The van der Waals surface area contributed by atoms with Crippen LogP contribution in [0.25, 0.3) is 0 Å². The molecule has 0 amide bonds. The van der Waals surface area contributed by atoms with Gasteiger partial charge in [-0.3, -0.25) is 0 Å². The molecule has 28 heavy (non-hydrogen) atoms. The molecule has 3 aromatic rings. The Bertz CT molecular complexity index is 953. The molecule has 0 spiro atoms. The average Bonchev–Trinajstić information content (AvgIpc) is 2.75. The van der Waals surface area contributed by atoms with Crippen LogP contribution >= 0.6 is 7.14 Å². The van der Waals surface area contributed by atoms with Gasteiger partial charge in [0.25, 0.3) is 0 Å². The molecule has 0 aliphatic carbocycles. The second-order valence-corrected chi connectivity index (χ2v) is 11.5. The van der Waals surface area contributed by atoms with Crippen LogP contribution in [-0.4, -0.2) is 25.7 Å². The fourth-order valence-corrected chi connectivity index (χ4v) is 8.23. The minimum atomic E-state index is -3.08. The van der Waals surface area contributed by atoms with Crippen molar-refractivity contribution in [3.8, 4) is 0 Å². The SMILES string of the molecule is C=CC(C)(O)/C(=C\P(=O)(c1ccccc1)c1ccccc1)[Se]c1ccccc1. The molecule has 0 bridgehead atoms. The summed E-state index contributed by atoms with van der Waals surface area (Å²) in [5, 5.41) is 12.5. The van der Waals surface area contributed by atoms with Gasteiger partial charge in [-0.25, -0.2) is 0 Å². The molecule has 0 fully saturated rings. The van der Waals surface area contributed by atoms with Gasteiger partial charge in [-0.1, -0.05) is 0 Å². The van der Waals surface area contributed by atoms with Crippen LogP contribution in [0, 0.1) is 0 Å². The predicted molar refractivity (Wildman–Crippen MR) is 120 cm³/mol. The molecule has 1 unspecified atom stereocenters. The Labute approximate surface area is 173 Å². The first-order valence-corrected chi connectivity index (χ1v) is 12.5. The number of rotatable bonds is 7. The third-order valence-corrected chi connectivity index (χ3v) is 10.2. The summed E-state index contributed by atoms with van der Waals surface area (Å²) < 4.78 is 16.2. The van der Waals surface area contributed by atoms with Crippen molar-refractivity contribution in [1.82, 2.24) is 0 Å². The summed E-state index contributed by atoms with van der Waals surface area (Å²) in [6.07, 6.45) is 1.52. The molecule has 0 heterocycles. The molecule has 142 valence electrons. The van der Waals surface area contributed by atoms with Crippen molar-refractivity contribution < 1.29 is 9.67 Å². The number of hydrogen-bond acceptors (Lipinski definition) is 2. The molecule has 0 radical (unpaired) electrons. The number of hydrogen-bond donors (Lipinski definition) is 1. The molecule has 1 atom stereocenters. The molecular weight excluding hydrogens is 430 g/mol. The Morgan fingerprint density at radius 3 is 1.75 bits per heavy atom. The molecule has 0 aliphatic heterocycles. The van der Waals surface area contributed by atoms with E-state index in [1.807, 2.05) is 91.0 Å². The van der Waals surface area contributed by atoms with Crippen molar-refractivity contribution in [3.63, 3.8) is 0 Å². The van der Waals surface area contributed by atoms with E-state index in [4.69, 9.17) is 0 Å². The molecule has 3 aromatic carbocycles. The Morgan fingerprint density at radius 1 is 0.893 bits per heavy atom. The second-order valence-electron chi connectivity index (χ2n) is 6.59. The van der Waals surface area contributed by atoms with E-state index in [-0.39, 0.29) is 15.0 Å². The zero-order valence-electron chi connectivity index (χ0n) is 15.7. The van der Waals surface area contributed by atoms with E-state index < -0.39 is 12.7 Å². The first kappa shape index (κ1) is 20.6. The van der Waals surface area contributed by atoms with E-state index in [9.17, 15) is 9.67 Å². The van der Waals surface area contributed by atoms with E-state index in [1.54, 1.807) is 12.7 Å². The average molecular weight is 453 g/mol. The van der Waals surface area contributed by atoms with Gasteiger partial charge in [0.2, 0.25) is 0 Å². The van der Waals surface area contributed by atoms with Crippen molar-refractivity contribution >= 4 is 37.2 Å². The molecular formula is C24H23O2PSe. The van der Waals surface area contributed by atoms with Crippen LogP contribution in [0.15, 0.2) is 114 Å². The number of aliphatic hydroxyl groups is 1. The zero-order chi connectivity index (χ0) is 20.0. The van der Waals surface area contributed by atoms with Gasteiger partial charge >= 0.3 is 173 Å². The molecule has 1 N–H and O–H groups in total. The number of benzene rings is 3. The quantitative estimate of drug-likeness (QED) is 0.336. The van der Waals surface area contributed by atoms with Crippen LogP contribution in [-0.2, 0) is 4.57 Å². The van der Waals surface area contributed by atoms with Crippen molar-refractivity contribution in [2.45, 2.75) is 12.5 Å². The molecule has 0 aromatic heterocycles. The summed E-state index contributed by atoms with van der Waals surface area (Å²) in [6, 6.07) is 28.9. The van der Waals surface area contributed by atoms with Gasteiger partial charge in [0.05, 0.1) is 0 Å². The van der Waals surface area contributed by atoms with E-state index in [1.165, 1.54) is 6.08 Å². The third-order valence-electron chi connectivity index (χ3n) is 4.45. The monoisotopic (exact) mass is 454 g/mol. The molecule has 4 heteroatoms. The van der Waals surface area contributed by atoms with Crippen LogP contribution < -0.4 is 15.1 Å². The van der Waals surface area contributed by atoms with Crippen LogP contribution in [0.1, 0.15) is 6.92 Å². The van der Waals surface area contributed by atoms with Gasteiger partial charge in [0, 0.05) is 0 Å². The summed E-state index contributed by atoms with van der Waals surface area (Å²) in [5.41, 5.74) is -1.24. The van der Waals surface area contributed by atoms with E-state index in [2.05, 4.69) is 6.58 Å². The molecule has 0 aliphatic rings. The summed E-state index contributed by atoms with van der Waals surface area (Å²) in [7, 11) is -3.08. The van der Waals surface area contributed by atoms with Gasteiger partial charge in [0.15, 0.2) is 0 Å². The van der Waals surface area contributed by atoms with E-state index >= 15 is 0 Å². The van der Waals surface area contributed by atoms with Gasteiger partial charge in [-0.15, -0.1) is 0 Å². The Balaban J connectivity index is 2.20. The Kier molecular flexibility index (Phi) is 6.54. The third kappa shape index (κ3) is 4.63. The summed E-state index contributed by atoms with van der Waals surface area (Å²) in [4.78, 5) is 0. The predicted octanol–water partition coefficient (Wildman–Crippen LogP) is 3.81. The molecule has 3 rings (SSSR count). The van der Waals surface area contributed by atoms with Gasteiger partial charge in [-0.2, -0.15) is 0 Å². The summed E-state index contributed by atoms with van der Waals surface area (Å²) in [5.74, 6) is 1.80. The van der Waals surface area contributed by atoms with Crippen molar-refractivity contribution in [2.24, 2.45) is 0 Å². The van der Waals surface area contributed by atoms with Crippen LogP contribution in [0.3, 0.4) is 0 Å². The Hall–Kier alpha value is -2.15.